The van der Waals surface area contributed by atoms with Crippen LogP contribution in [0.4, 0.5) is 0 Å². The summed E-state index contributed by atoms with van der Waals surface area (Å²) in [6, 6.07) is 13.6. The number of hydrogen-bond donors (Lipinski definition) is 1. The van der Waals surface area contributed by atoms with Crippen LogP contribution in [0.25, 0.3) is 0 Å². The number of ketones is 1. The number of benzene rings is 2. The molecule has 1 heterocycles. The lowest BCUT2D eigenvalue weighted by Gasteiger charge is -2.32. The number of halogens is 1. The summed E-state index contributed by atoms with van der Waals surface area (Å²) in [7, 11) is 2.14. The van der Waals surface area contributed by atoms with E-state index >= 15 is 0 Å². The molecule has 5 nitrogen and oxygen atoms in total. The summed E-state index contributed by atoms with van der Waals surface area (Å²) in [5, 5.41) is 3.53. The summed E-state index contributed by atoms with van der Waals surface area (Å²) in [5.74, 6) is -0.392. The number of nitrogens with zero attached hydrogens (tertiary/aromatic N) is 2. The number of piperazine rings is 1. The first kappa shape index (κ1) is 20.5. The first-order valence-electron chi connectivity index (χ1n) is 9.63. The lowest BCUT2D eigenvalue weighted by atomic mass is 9.98. The van der Waals surface area contributed by atoms with Gasteiger partial charge in [-0.3, -0.25) is 9.59 Å². The van der Waals surface area contributed by atoms with E-state index < -0.39 is 0 Å². The van der Waals surface area contributed by atoms with Gasteiger partial charge in [-0.1, -0.05) is 29.8 Å². The Morgan fingerprint density at radius 1 is 0.964 bits per heavy atom. The summed E-state index contributed by atoms with van der Waals surface area (Å²) < 4.78 is 0. The Bertz CT molecular complexity index is 815. The second kappa shape index (κ2) is 9.82. The lowest BCUT2D eigenvalue weighted by molar-refractivity contribution is 0.0938. The molecule has 0 bridgehead atoms. The van der Waals surface area contributed by atoms with Gasteiger partial charge in [0.1, 0.15) is 0 Å². The van der Waals surface area contributed by atoms with Gasteiger partial charge in [0, 0.05) is 48.9 Å². The molecule has 28 heavy (non-hydrogen) atoms. The first-order chi connectivity index (χ1) is 13.5. The van der Waals surface area contributed by atoms with Gasteiger partial charge in [-0.2, -0.15) is 0 Å². The molecule has 6 heteroatoms. The molecule has 0 saturated carbocycles. The van der Waals surface area contributed by atoms with Gasteiger partial charge in [-0.15, -0.1) is 0 Å². The molecule has 148 valence electrons. The third-order valence-electron chi connectivity index (χ3n) is 5.06. The maximum Gasteiger partial charge on any atom is 0.252 e. The lowest BCUT2D eigenvalue weighted by Crippen LogP contribution is -2.45. The Hall–Kier alpha value is -2.21. The van der Waals surface area contributed by atoms with Crippen LogP contribution in [0.5, 0.6) is 0 Å². The zero-order valence-corrected chi connectivity index (χ0v) is 16.9. The first-order valence-corrected chi connectivity index (χ1v) is 10.0. The van der Waals surface area contributed by atoms with Gasteiger partial charge in [0.25, 0.3) is 5.91 Å². The quantitative estimate of drug-likeness (QED) is 0.574. The smallest absolute Gasteiger partial charge is 0.252 e. The van der Waals surface area contributed by atoms with Crippen molar-refractivity contribution in [2.75, 3.05) is 46.3 Å². The van der Waals surface area contributed by atoms with Crippen molar-refractivity contribution in [1.29, 1.82) is 0 Å². The Balaban J connectivity index is 1.56. The maximum absolute atomic E-state index is 12.8. The second-order valence-electron chi connectivity index (χ2n) is 7.14. The molecule has 0 radical (unpaired) electrons. The van der Waals surface area contributed by atoms with Crippen molar-refractivity contribution in [2.24, 2.45) is 0 Å². The molecule has 2 aromatic carbocycles. The molecule has 1 N–H and O–H groups in total. The van der Waals surface area contributed by atoms with E-state index in [0.717, 1.165) is 39.1 Å². The highest BCUT2D eigenvalue weighted by Crippen LogP contribution is 2.17. The number of nitrogens with one attached hydrogen (secondary N) is 1. The maximum atomic E-state index is 12.8. The van der Waals surface area contributed by atoms with Crippen molar-refractivity contribution >= 4 is 23.3 Å². The summed E-state index contributed by atoms with van der Waals surface area (Å²) >= 11 is 5.90. The Morgan fingerprint density at radius 3 is 2.29 bits per heavy atom. The molecule has 0 aliphatic carbocycles. The van der Waals surface area contributed by atoms with Gasteiger partial charge in [-0.05, 0) is 50.3 Å². The normalized spacial score (nSPS) is 15.4. The van der Waals surface area contributed by atoms with E-state index in [4.69, 9.17) is 11.6 Å². The molecule has 1 fully saturated rings. The van der Waals surface area contributed by atoms with Gasteiger partial charge in [0.15, 0.2) is 5.78 Å². The average molecular weight is 400 g/mol. The van der Waals surface area contributed by atoms with Crippen LogP contribution in [-0.2, 0) is 0 Å². The highest BCUT2D eigenvalue weighted by atomic mass is 35.5. The summed E-state index contributed by atoms with van der Waals surface area (Å²) in [4.78, 5) is 30.2. The summed E-state index contributed by atoms with van der Waals surface area (Å²) in [6.45, 7) is 5.89. The fourth-order valence-corrected chi connectivity index (χ4v) is 3.43. The van der Waals surface area contributed by atoms with Gasteiger partial charge < -0.3 is 15.1 Å². The molecular formula is C22H26ClN3O2. The van der Waals surface area contributed by atoms with E-state index in [1.54, 1.807) is 48.5 Å². The minimum Gasteiger partial charge on any atom is -0.352 e. The van der Waals surface area contributed by atoms with Gasteiger partial charge >= 0.3 is 0 Å². The highest BCUT2D eigenvalue weighted by Gasteiger charge is 2.18. The zero-order valence-electron chi connectivity index (χ0n) is 16.2. The van der Waals surface area contributed by atoms with Crippen molar-refractivity contribution in [3.63, 3.8) is 0 Å². The molecule has 1 amide bonds. The molecule has 1 aliphatic heterocycles. The van der Waals surface area contributed by atoms with Gasteiger partial charge in [-0.25, -0.2) is 0 Å². The molecule has 0 atom stereocenters. The predicted octanol–water partition coefficient (Wildman–Crippen LogP) is 2.94. The van der Waals surface area contributed by atoms with Gasteiger partial charge in [0.05, 0.1) is 5.56 Å². The standard InChI is InChI=1S/C22H26ClN3O2/c1-25-13-15-26(16-14-25)12-4-11-24-22(28)20-6-3-2-5-19(20)21(27)17-7-9-18(23)10-8-17/h2-3,5-10H,4,11-16H2,1H3,(H,24,28). The number of hydrogen-bond acceptors (Lipinski definition) is 4. The molecule has 2 aromatic rings. The van der Waals surface area contributed by atoms with Crippen molar-refractivity contribution in [3.05, 3.63) is 70.2 Å². The van der Waals surface area contributed by atoms with Crippen LogP contribution in [0.15, 0.2) is 48.5 Å². The second-order valence-corrected chi connectivity index (χ2v) is 7.57. The van der Waals surface area contributed by atoms with Crippen LogP contribution >= 0.6 is 11.6 Å². The largest absolute Gasteiger partial charge is 0.352 e. The van der Waals surface area contributed by atoms with E-state index in [9.17, 15) is 9.59 Å². The Morgan fingerprint density at radius 2 is 1.61 bits per heavy atom. The third-order valence-corrected chi connectivity index (χ3v) is 5.31. The minimum atomic E-state index is -0.212. The van der Waals surface area contributed by atoms with Crippen LogP contribution < -0.4 is 5.32 Å². The van der Waals surface area contributed by atoms with Crippen LogP contribution in [0, 0.1) is 0 Å². The molecule has 1 aliphatic rings. The van der Waals surface area contributed by atoms with Crippen molar-refractivity contribution < 1.29 is 9.59 Å². The van der Waals surface area contributed by atoms with Crippen molar-refractivity contribution in [2.45, 2.75) is 6.42 Å². The molecule has 0 aromatic heterocycles. The molecule has 0 spiro atoms. The average Bonchev–Trinajstić information content (AvgIpc) is 2.72. The monoisotopic (exact) mass is 399 g/mol. The molecule has 1 saturated heterocycles. The number of amides is 1. The topological polar surface area (TPSA) is 52.6 Å². The summed E-state index contributed by atoms with van der Waals surface area (Å²) in [5.41, 5.74) is 1.32. The SMILES string of the molecule is CN1CCN(CCCNC(=O)c2ccccc2C(=O)c2ccc(Cl)cc2)CC1. The van der Waals surface area contributed by atoms with Crippen molar-refractivity contribution in [1.82, 2.24) is 15.1 Å². The third kappa shape index (κ3) is 5.41. The van der Waals surface area contributed by atoms with Crippen molar-refractivity contribution in [3.8, 4) is 0 Å². The number of rotatable bonds is 7. The Labute approximate surface area is 171 Å². The summed E-state index contributed by atoms with van der Waals surface area (Å²) in [6.07, 6.45) is 0.892. The van der Waals surface area contributed by atoms with Crippen LogP contribution in [-0.4, -0.2) is 67.8 Å². The fourth-order valence-electron chi connectivity index (χ4n) is 3.31. The number of carbonyl (C=O) groups excluding carboxylic acids is 2. The van der Waals surface area contributed by atoms with E-state index in [-0.39, 0.29) is 11.7 Å². The van der Waals surface area contributed by atoms with E-state index in [2.05, 4.69) is 22.2 Å². The van der Waals surface area contributed by atoms with E-state index in [1.807, 2.05) is 0 Å². The van der Waals surface area contributed by atoms with Crippen LogP contribution in [0.3, 0.4) is 0 Å². The molecule has 0 unspecified atom stereocenters. The van der Waals surface area contributed by atoms with Gasteiger partial charge in [0.2, 0.25) is 0 Å². The Kier molecular flexibility index (Phi) is 7.20. The highest BCUT2D eigenvalue weighted by molar-refractivity contribution is 6.30. The van der Waals surface area contributed by atoms with Crippen LogP contribution in [0.1, 0.15) is 32.7 Å². The number of carbonyl (C=O) groups is 2. The van der Waals surface area contributed by atoms with E-state index in [1.165, 1.54) is 0 Å². The molecular weight excluding hydrogens is 374 g/mol. The zero-order chi connectivity index (χ0) is 19.9. The van der Waals surface area contributed by atoms with Crippen LogP contribution in [0.2, 0.25) is 5.02 Å². The van der Waals surface area contributed by atoms with E-state index in [0.29, 0.717) is 28.3 Å². The minimum absolute atomic E-state index is 0.181. The molecule has 3 rings (SSSR count). The predicted molar refractivity (Wildman–Crippen MR) is 112 cm³/mol. The number of likely N-dealkylation sites (N-methyl/N-ethyl adjacent to an activating group) is 1. The fraction of sp³-hybridized carbons (Fsp3) is 0.364.